The number of nitrogens with zero attached hydrogens (tertiary/aromatic N) is 4. The first-order valence-corrected chi connectivity index (χ1v) is 18.1. The fourth-order valence-electron chi connectivity index (χ4n) is 8.21. The van der Waals surface area contributed by atoms with Gasteiger partial charge in [0.25, 0.3) is 0 Å². The molecule has 3 aromatic heterocycles. The molecule has 9 rings (SSSR count). The third kappa shape index (κ3) is 4.96. The fraction of sp³-hybridized carbons (Fsp3) is 0.191. The summed E-state index contributed by atoms with van der Waals surface area (Å²) in [6.45, 7) is 11.5. The molecule has 0 amide bonds. The molecule has 5 aromatic carbocycles. The van der Waals surface area contributed by atoms with Crippen molar-refractivity contribution >= 4 is 44.7 Å². The van der Waals surface area contributed by atoms with Crippen LogP contribution in [0.2, 0.25) is 0 Å². The number of fused-ring (bicyclic) bond motifs is 6. The third-order valence-corrected chi connectivity index (χ3v) is 11.4. The van der Waals surface area contributed by atoms with Crippen molar-refractivity contribution in [1.29, 1.82) is 0 Å². The standard InChI is InChI=1S/C47H42N4/c1-31-29-43-45(49-30-31)39-12-7-9-14-41(39)51(43)37-26-22-35(23-27-37)47(4,5)33-18-16-32(17-19-33)46(2,3)34-20-24-36(25-21-34)50-40-13-8-6-11-38(40)44-42(50)15-10-28-48-44/h6-28,30-31H,29H2,1-5H3. The molecule has 250 valence electrons. The zero-order chi connectivity index (χ0) is 34.9. The first-order chi connectivity index (χ1) is 24.7. The molecule has 0 N–H and O–H groups in total. The van der Waals surface area contributed by atoms with Crippen molar-refractivity contribution in [2.75, 3.05) is 0 Å². The smallest absolute Gasteiger partial charge is 0.0963 e. The van der Waals surface area contributed by atoms with E-state index < -0.39 is 0 Å². The Morgan fingerprint density at radius 3 is 1.59 bits per heavy atom. The highest BCUT2D eigenvalue weighted by Gasteiger charge is 2.28. The van der Waals surface area contributed by atoms with Gasteiger partial charge in [0.05, 0.1) is 33.4 Å². The molecular weight excluding hydrogens is 621 g/mol. The number of rotatable bonds is 6. The minimum Gasteiger partial charge on any atom is -0.311 e. The van der Waals surface area contributed by atoms with E-state index in [0.29, 0.717) is 5.92 Å². The van der Waals surface area contributed by atoms with E-state index in [4.69, 9.17) is 9.98 Å². The van der Waals surface area contributed by atoms with Crippen LogP contribution in [0.1, 0.15) is 62.6 Å². The van der Waals surface area contributed by atoms with Crippen LogP contribution in [0.25, 0.3) is 44.2 Å². The Bertz CT molecular complexity index is 2540. The molecule has 0 saturated heterocycles. The van der Waals surface area contributed by atoms with E-state index in [1.807, 2.05) is 12.3 Å². The Hall–Kier alpha value is -5.74. The van der Waals surface area contributed by atoms with Gasteiger partial charge in [-0.25, -0.2) is 0 Å². The molecule has 4 heteroatoms. The lowest BCUT2D eigenvalue weighted by molar-refractivity contribution is 0.626. The molecule has 0 saturated carbocycles. The molecule has 0 bridgehead atoms. The predicted octanol–water partition coefficient (Wildman–Crippen LogP) is 11.7. The van der Waals surface area contributed by atoms with Gasteiger partial charge in [-0.2, -0.15) is 0 Å². The summed E-state index contributed by atoms with van der Waals surface area (Å²) in [6, 6.07) is 48.8. The largest absolute Gasteiger partial charge is 0.311 e. The highest BCUT2D eigenvalue weighted by atomic mass is 15.0. The van der Waals surface area contributed by atoms with Crippen molar-refractivity contribution in [3.8, 4) is 11.4 Å². The summed E-state index contributed by atoms with van der Waals surface area (Å²) in [5.74, 6) is 0.426. The van der Waals surface area contributed by atoms with Crippen LogP contribution in [-0.4, -0.2) is 20.3 Å². The normalized spacial score (nSPS) is 14.8. The number of benzene rings is 5. The van der Waals surface area contributed by atoms with Crippen molar-refractivity contribution in [2.45, 2.75) is 51.9 Å². The van der Waals surface area contributed by atoms with E-state index in [0.717, 1.165) is 28.8 Å². The molecule has 4 heterocycles. The second-order valence-corrected chi connectivity index (χ2v) is 15.3. The first kappa shape index (κ1) is 31.3. The average molecular weight is 663 g/mol. The highest BCUT2D eigenvalue weighted by Crippen LogP contribution is 2.41. The van der Waals surface area contributed by atoms with Crippen LogP contribution in [0.3, 0.4) is 0 Å². The van der Waals surface area contributed by atoms with Gasteiger partial charge in [-0.3, -0.25) is 9.98 Å². The highest BCUT2D eigenvalue weighted by molar-refractivity contribution is 6.07. The van der Waals surface area contributed by atoms with E-state index in [1.165, 1.54) is 55.4 Å². The molecule has 51 heavy (non-hydrogen) atoms. The molecule has 0 fully saturated rings. The van der Waals surface area contributed by atoms with E-state index in [9.17, 15) is 0 Å². The minimum atomic E-state index is -0.161. The number of aliphatic imine (C=N–C) groups is 1. The average Bonchev–Trinajstić information content (AvgIpc) is 3.67. The topological polar surface area (TPSA) is 35.1 Å². The Morgan fingerprint density at radius 1 is 0.529 bits per heavy atom. The van der Waals surface area contributed by atoms with Gasteiger partial charge in [0, 0.05) is 45.4 Å². The van der Waals surface area contributed by atoms with Gasteiger partial charge in [0.2, 0.25) is 0 Å². The lowest BCUT2D eigenvalue weighted by Gasteiger charge is -2.30. The Balaban J connectivity index is 0.990. The number of para-hydroxylation sites is 2. The molecular formula is C47H42N4. The molecule has 8 aromatic rings. The summed E-state index contributed by atoms with van der Waals surface area (Å²) in [7, 11) is 0. The van der Waals surface area contributed by atoms with Crippen LogP contribution < -0.4 is 0 Å². The summed E-state index contributed by atoms with van der Waals surface area (Å²) in [4.78, 5) is 9.58. The van der Waals surface area contributed by atoms with Gasteiger partial charge >= 0.3 is 0 Å². The first-order valence-electron chi connectivity index (χ1n) is 18.1. The van der Waals surface area contributed by atoms with Crippen LogP contribution >= 0.6 is 0 Å². The minimum absolute atomic E-state index is 0.156. The van der Waals surface area contributed by atoms with Gasteiger partial charge in [0.15, 0.2) is 0 Å². The van der Waals surface area contributed by atoms with Crippen molar-refractivity contribution in [3.05, 3.63) is 168 Å². The van der Waals surface area contributed by atoms with Crippen LogP contribution in [0.5, 0.6) is 0 Å². The van der Waals surface area contributed by atoms with Crippen LogP contribution in [0.15, 0.2) is 145 Å². The maximum atomic E-state index is 4.87. The molecule has 1 atom stereocenters. The monoisotopic (exact) mass is 662 g/mol. The SMILES string of the molecule is CC1C=Nc2c(n(-c3ccc(C(C)(C)c4ccc(C(C)(C)c5ccc(-n6c7ccccc7c7ncccc76)cc5)cc4)cc3)c3ccccc23)C1. The van der Waals surface area contributed by atoms with Crippen molar-refractivity contribution < 1.29 is 0 Å². The van der Waals surface area contributed by atoms with Gasteiger partial charge < -0.3 is 9.13 Å². The zero-order valence-corrected chi connectivity index (χ0v) is 29.9. The van der Waals surface area contributed by atoms with Crippen molar-refractivity contribution in [1.82, 2.24) is 14.1 Å². The van der Waals surface area contributed by atoms with E-state index in [1.54, 1.807) is 0 Å². The molecule has 1 aliphatic rings. The van der Waals surface area contributed by atoms with E-state index >= 15 is 0 Å². The Morgan fingerprint density at radius 2 is 1.00 bits per heavy atom. The number of aromatic nitrogens is 3. The lowest BCUT2D eigenvalue weighted by atomic mass is 9.74. The lowest BCUT2D eigenvalue weighted by Crippen LogP contribution is -2.21. The van der Waals surface area contributed by atoms with Gasteiger partial charge in [-0.15, -0.1) is 0 Å². The molecule has 0 aliphatic carbocycles. The second kappa shape index (κ2) is 11.7. The zero-order valence-electron chi connectivity index (χ0n) is 29.9. The fourth-order valence-corrected chi connectivity index (χ4v) is 8.21. The summed E-state index contributed by atoms with van der Waals surface area (Å²) in [5.41, 5.74) is 14.2. The molecule has 0 radical (unpaired) electrons. The second-order valence-electron chi connectivity index (χ2n) is 15.3. The van der Waals surface area contributed by atoms with Crippen molar-refractivity contribution in [3.63, 3.8) is 0 Å². The van der Waals surface area contributed by atoms with Crippen LogP contribution in [0, 0.1) is 5.92 Å². The van der Waals surface area contributed by atoms with E-state index in [-0.39, 0.29) is 10.8 Å². The quantitative estimate of drug-likeness (QED) is 0.174. The van der Waals surface area contributed by atoms with Gasteiger partial charge in [-0.1, -0.05) is 120 Å². The van der Waals surface area contributed by atoms with Crippen LogP contribution in [0.4, 0.5) is 5.69 Å². The third-order valence-electron chi connectivity index (χ3n) is 11.4. The van der Waals surface area contributed by atoms with Gasteiger partial charge in [0.1, 0.15) is 0 Å². The van der Waals surface area contributed by atoms with Crippen molar-refractivity contribution in [2.24, 2.45) is 10.9 Å². The summed E-state index contributed by atoms with van der Waals surface area (Å²) in [5, 5.41) is 2.40. The maximum absolute atomic E-state index is 4.87. The maximum Gasteiger partial charge on any atom is 0.0963 e. The Kier molecular flexibility index (Phi) is 7.15. The Labute approximate surface area is 299 Å². The van der Waals surface area contributed by atoms with Crippen LogP contribution in [-0.2, 0) is 17.3 Å². The molecule has 4 nitrogen and oxygen atoms in total. The van der Waals surface area contributed by atoms with Gasteiger partial charge in [-0.05, 0) is 83.1 Å². The predicted molar refractivity (Wildman–Crippen MR) is 214 cm³/mol. The number of pyridine rings is 1. The number of hydrogen-bond acceptors (Lipinski definition) is 2. The summed E-state index contributed by atoms with van der Waals surface area (Å²) >= 11 is 0. The molecule has 1 aliphatic heterocycles. The van der Waals surface area contributed by atoms with E-state index in [2.05, 4.69) is 177 Å². The molecule has 0 spiro atoms. The molecule has 1 unspecified atom stereocenters. The summed E-state index contributed by atoms with van der Waals surface area (Å²) < 4.78 is 4.74. The number of hydrogen-bond donors (Lipinski definition) is 0. The summed E-state index contributed by atoms with van der Waals surface area (Å²) in [6.07, 6.45) is 4.97.